The average molecular weight is 289 g/mol. The van der Waals surface area contributed by atoms with E-state index in [1.54, 1.807) is 4.31 Å². The van der Waals surface area contributed by atoms with Crippen LogP contribution in [0.2, 0.25) is 0 Å². The molecule has 0 aromatic carbocycles. The Labute approximate surface area is 117 Å². The zero-order valence-corrected chi connectivity index (χ0v) is 13.1. The molecule has 2 unspecified atom stereocenters. The maximum Gasteiger partial charge on any atom is 0.279 e. The first-order valence-corrected chi connectivity index (χ1v) is 8.77. The molecule has 6 heteroatoms. The molecule has 2 aliphatic rings. The second-order valence-corrected chi connectivity index (χ2v) is 8.13. The van der Waals surface area contributed by atoms with Gasteiger partial charge in [-0.2, -0.15) is 12.7 Å². The molecule has 1 heterocycles. The van der Waals surface area contributed by atoms with Crippen molar-refractivity contribution in [1.82, 2.24) is 13.9 Å². The lowest BCUT2D eigenvalue weighted by atomic mass is 9.94. The zero-order valence-electron chi connectivity index (χ0n) is 12.3. The quantitative estimate of drug-likeness (QED) is 0.790. The predicted octanol–water partition coefficient (Wildman–Crippen LogP) is 0.893. The van der Waals surface area contributed by atoms with Crippen molar-refractivity contribution in [2.75, 3.05) is 33.2 Å². The van der Waals surface area contributed by atoms with Crippen LogP contribution in [0.5, 0.6) is 0 Å². The first-order chi connectivity index (χ1) is 8.88. The largest absolute Gasteiger partial charge is 0.302 e. The van der Waals surface area contributed by atoms with E-state index in [9.17, 15) is 8.42 Å². The summed E-state index contributed by atoms with van der Waals surface area (Å²) < 4.78 is 28.8. The highest BCUT2D eigenvalue weighted by molar-refractivity contribution is 7.87. The lowest BCUT2D eigenvalue weighted by molar-refractivity contribution is 0.220. The minimum Gasteiger partial charge on any atom is -0.302 e. The summed E-state index contributed by atoms with van der Waals surface area (Å²) in [5, 5.41) is 0. The first-order valence-electron chi connectivity index (χ1n) is 7.33. The molecular weight excluding hydrogens is 262 g/mol. The van der Waals surface area contributed by atoms with Crippen molar-refractivity contribution in [3.63, 3.8) is 0 Å². The Morgan fingerprint density at radius 3 is 2.32 bits per heavy atom. The Kier molecular flexibility index (Phi) is 4.87. The third kappa shape index (κ3) is 4.41. The highest BCUT2D eigenvalue weighted by atomic mass is 32.2. The lowest BCUT2D eigenvalue weighted by Gasteiger charge is -2.34. The summed E-state index contributed by atoms with van der Waals surface area (Å²) in [4.78, 5) is 2.24. The van der Waals surface area contributed by atoms with E-state index in [-0.39, 0.29) is 0 Å². The molecule has 0 aromatic heterocycles. The summed E-state index contributed by atoms with van der Waals surface area (Å²) >= 11 is 0. The van der Waals surface area contributed by atoms with Crippen molar-refractivity contribution in [2.45, 2.75) is 39.2 Å². The Bertz CT molecular complexity index is 385. The summed E-state index contributed by atoms with van der Waals surface area (Å²) in [6.45, 7) is 6.85. The van der Waals surface area contributed by atoms with Gasteiger partial charge in [-0.15, -0.1) is 0 Å². The minimum atomic E-state index is -3.29. The van der Waals surface area contributed by atoms with Crippen molar-refractivity contribution in [1.29, 1.82) is 0 Å². The Hall–Kier alpha value is -0.170. The van der Waals surface area contributed by atoms with Crippen molar-refractivity contribution >= 4 is 10.2 Å². The molecule has 0 spiro atoms. The van der Waals surface area contributed by atoms with Gasteiger partial charge in [0.1, 0.15) is 0 Å². The Morgan fingerprint density at radius 1 is 1.21 bits per heavy atom. The van der Waals surface area contributed by atoms with E-state index in [0.717, 1.165) is 13.0 Å². The maximum absolute atomic E-state index is 12.2. The molecule has 1 aliphatic heterocycles. The third-order valence-corrected chi connectivity index (χ3v) is 5.64. The molecule has 0 amide bonds. The van der Waals surface area contributed by atoms with Crippen LogP contribution in [0.4, 0.5) is 0 Å². The van der Waals surface area contributed by atoms with Gasteiger partial charge in [-0.1, -0.05) is 13.8 Å². The van der Waals surface area contributed by atoms with E-state index in [0.29, 0.717) is 37.5 Å². The molecule has 2 rings (SSSR count). The van der Waals surface area contributed by atoms with Gasteiger partial charge < -0.3 is 4.90 Å². The van der Waals surface area contributed by atoms with Crippen molar-refractivity contribution in [3.8, 4) is 0 Å². The fraction of sp³-hybridized carbons (Fsp3) is 1.00. The fourth-order valence-corrected chi connectivity index (χ4v) is 4.38. The van der Waals surface area contributed by atoms with Crippen LogP contribution in [0.1, 0.15) is 33.1 Å². The molecule has 1 saturated heterocycles. The van der Waals surface area contributed by atoms with E-state index in [4.69, 9.17) is 0 Å². The van der Waals surface area contributed by atoms with Crippen LogP contribution < -0.4 is 4.72 Å². The molecule has 19 heavy (non-hydrogen) atoms. The SMILES string of the molecule is CC1CC(C)CN(S(=O)(=O)NCCN(C)C2CC2)C1. The molecule has 0 aromatic rings. The van der Waals surface area contributed by atoms with Gasteiger partial charge in [-0.25, -0.2) is 4.72 Å². The number of piperidine rings is 1. The zero-order chi connectivity index (χ0) is 14.0. The van der Waals surface area contributed by atoms with E-state index in [1.807, 2.05) is 0 Å². The van der Waals surface area contributed by atoms with Crippen molar-refractivity contribution in [3.05, 3.63) is 0 Å². The third-order valence-electron chi connectivity index (χ3n) is 4.09. The molecule has 0 bridgehead atoms. The molecule has 1 aliphatic carbocycles. The Balaban J connectivity index is 1.79. The van der Waals surface area contributed by atoms with Crippen LogP contribution >= 0.6 is 0 Å². The number of nitrogens with zero attached hydrogens (tertiary/aromatic N) is 2. The van der Waals surface area contributed by atoms with Gasteiger partial charge in [0, 0.05) is 32.2 Å². The second-order valence-electron chi connectivity index (χ2n) is 6.37. The van der Waals surface area contributed by atoms with Crippen LogP contribution in [0.3, 0.4) is 0 Å². The fourth-order valence-electron chi connectivity index (χ4n) is 2.94. The van der Waals surface area contributed by atoms with Gasteiger partial charge >= 0.3 is 0 Å². The molecular formula is C13H27N3O2S. The second kappa shape index (κ2) is 6.08. The standard InChI is InChI=1S/C13H27N3O2S/c1-11-8-12(2)10-16(9-11)19(17,18)14-6-7-15(3)13-4-5-13/h11-14H,4-10H2,1-3H3. The van der Waals surface area contributed by atoms with E-state index in [1.165, 1.54) is 12.8 Å². The van der Waals surface area contributed by atoms with Gasteiger partial charge in [-0.05, 0) is 38.1 Å². The van der Waals surface area contributed by atoms with Crippen molar-refractivity contribution in [2.24, 2.45) is 11.8 Å². The van der Waals surface area contributed by atoms with Gasteiger partial charge in [-0.3, -0.25) is 0 Å². The highest BCUT2D eigenvalue weighted by Gasteiger charge is 2.30. The van der Waals surface area contributed by atoms with Gasteiger partial charge in [0.25, 0.3) is 10.2 Å². The predicted molar refractivity (Wildman–Crippen MR) is 77.1 cm³/mol. The monoisotopic (exact) mass is 289 g/mol. The highest BCUT2D eigenvalue weighted by Crippen LogP contribution is 2.25. The van der Waals surface area contributed by atoms with Crippen LogP contribution in [-0.2, 0) is 10.2 Å². The van der Waals surface area contributed by atoms with E-state index in [2.05, 4.69) is 30.5 Å². The number of likely N-dealkylation sites (N-methyl/N-ethyl adjacent to an activating group) is 1. The van der Waals surface area contributed by atoms with Crippen LogP contribution in [0.25, 0.3) is 0 Å². The smallest absolute Gasteiger partial charge is 0.279 e. The topological polar surface area (TPSA) is 52.7 Å². The summed E-state index contributed by atoms with van der Waals surface area (Å²) in [6, 6.07) is 0.680. The van der Waals surface area contributed by atoms with E-state index < -0.39 is 10.2 Å². The lowest BCUT2D eigenvalue weighted by Crippen LogP contribution is -2.49. The molecule has 112 valence electrons. The summed E-state index contributed by atoms with van der Waals surface area (Å²) in [7, 11) is -1.23. The molecule has 2 fully saturated rings. The van der Waals surface area contributed by atoms with Gasteiger partial charge in [0.2, 0.25) is 0 Å². The van der Waals surface area contributed by atoms with E-state index >= 15 is 0 Å². The van der Waals surface area contributed by atoms with Crippen LogP contribution in [0.15, 0.2) is 0 Å². The number of hydrogen-bond donors (Lipinski definition) is 1. The molecule has 1 N–H and O–H groups in total. The van der Waals surface area contributed by atoms with Gasteiger partial charge in [0.05, 0.1) is 0 Å². The first kappa shape index (κ1) is 15.2. The summed E-state index contributed by atoms with van der Waals surface area (Å²) in [5.41, 5.74) is 0. The summed E-state index contributed by atoms with van der Waals surface area (Å²) in [6.07, 6.45) is 3.63. The maximum atomic E-state index is 12.2. The number of hydrogen-bond acceptors (Lipinski definition) is 3. The van der Waals surface area contributed by atoms with Crippen LogP contribution in [-0.4, -0.2) is 56.9 Å². The molecule has 0 radical (unpaired) electrons. The molecule has 2 atom stereocenters. The normalized spacial score (nSPS) is 29.9. The van der Waals surface area contributed by atoms with Gasteiger partial charge in [0.15, 0.2) is 0 Å². The minimum absolute atomic E-state index is 0.453. The molecule has 1 saturated carbocycles. The van der Waals surface area contributed by atoms with Crippen LogP contribution in [0, 0.1) is 11.8 Å². The summed E-state index contributed by atoms with van der Waals surface area (Å²) in [5.74, 6) is 0.906. The number of nitrogens with one attached hydrogen (secondary N) is 1. The number of rotatable bonds is 6. The van der Waals surface area contributed by atoms with Crippen molar-refractivity contribution < 1.29 is 8.42 Å². The Morgan fingerprint density at radius 2 is 1.79 bits per heavy atom. The molecule has 5 nitrogen and oxygen atoms in total. The average Bonchev–Trinajstić information content (AvgIpc) is 3.10.